The van der Waals surface area contributed by atoms with Crippen LogP contribution in [0.1, 0.15) is 57.1 Å². The van der Waals surface area contributed by atoms with Crippen molar-refractivity contribution >= 4 is 5.97 Å². The number of carboxylic acids is 1. The summed E-state index contributed by atoms with van der Waals surface area (Å²) in [5, 5.41) is 21.9. The Morgan fingerprint density at radius 3 is 2.57 bits per heavy atom. The summed E-state index contributed by atoms with van der Waals surface area (Å²) < 4.78 is 5.60. The molecule has 0 radical (unpaired) electrons. The fourth-order valence-corrected chi connectivity index (χ4v) is 2.18. The average Bonchev–Trinajstić information content (AvgIpc) is 2.54. The molecule has 0 heterocycles. The van der Waals surface area contributed by atoms with Crippen LogP contribution in [-0.4, -0.2) is 35.9 Å². The van der Waals surface area contributed by atoms with Crippen LogP contribution < -0.4 is 10.1 Å². The minimum atomic E-state index is -0.748. The van der Waals surface area contributed by atoms with Gasteiger partial charge in [0.25, 0.3) is 0 Å². The molecule has 0 saturated carbocycles. The van der Waals surface area contributed by atoms with Gasteiger partial charge in [0.15, 0.2) is 0 Å². The Bertz CT molecular complexity index is 433. The van der Waals surface area contributed by atoms with Crippen molar-refractivity contribution in [3.63, 3.8) is 0 Å². The maximum absolute atomic E-state index is 10.4. The Morgan fingerprint density at radius 1 is 1.17 bits per heavy atom. The third-order valence-corrected chi connectivity index (χ3v) is 3.62. The number of benzene rings is 1. The normalized spacial score (nSPS) is 12.1. The summed E-state index contributed by atoms with van der Waals surface area (Å²) >= 11 is 0. The van der Waals surface area contributed by atoms with E-state index in [1.54, 1.807) is 0 Å². The van der Waals surface area contributed by atoms with Crippen molar-refractivity contribution in [2.24, 2.45) is 0 Å². The molecule has 0 aromatic heterocycles. The number of aliphatic hydroxyl groups excluding tert-OH is 1. The van der Waals surface area contributed by atoms with Crippen LogP contribution in [0, 0.1) is 0 Å². The molecule has 130 valence electrons. The van der Waals surface area contributed by atoms with Gasteiger partial charge in [-0.15, -0.1) is 0 Å². The number of aliphatic hydroxyl groups is 1. The second kappa shape index (κ2) is 11.9. The van der Waals surface area contributed by atoms with Crippen LogP contribution in [0.2, 0.25) is 0 Å². The van der Waals surface area contributed by atoms with Crippen molar-refractivity contribution < 1.29 is 19.7 Å². The van der Waals surface area contributed by atoms with Gasteiger partial charge in [-0.05, 0) is 56.5 Å². The summed E-state index contributed by atoms with van der Waals surface area (Å²) in [4.78, 5) is 10.4. The fraction of sp³-hybridized carbons (Fsp3) is 0.611. The summed E-state index contributed by atoms with van der Waals surface area (Å²) in [7, 11) is 0. The van der Waals surface area contributed by atoms with E-state index >= 15 is 0 Å². The minimum absolute atomic E-state index is 0.219. The SMILES string of the molecule is CCCCOc1ccc(C(O)CCNCCCCC(=O)O)cc1. The molecular weight excluding hydrogens is 294 g/mol. The van der Waals surface area contributed by atoms with Gasteiger partial charge in [-0.1, -0.05) is 25.5 Å². The van der Waals surface area contributed by atoms with Crippen LogP contribution in [0.3, 0.4) is 0 Å². The van der Waals surface area contributed by atoms with E-state index in [4.69, 9.17) is 9.84 Å². The maximum atomic E-state index is 10.4. The van der Waals surface area contributed by atoms with E-state index in [1.165, 1.54) is 0 Å². The number of rotatable bonds is 13. The summed E-state index contributed by atoms with van der Waals surface area (Å²) in [5.41, 5.74) is 0.889. The van der Waals surface area contributed by atoms with E-state index in [9.17, 15) is 9.90 Å². The van der Waals surface area contributed by atoms with E-state index in [1.807, 2.05) is 24.3 Å². The molecule has 1 atom stereocenters. The first-order valence-electron chi connectivity index (χ1n) is 8.46. The molecule has 1 aromatic carbocycles. The van der Waals surface area contributed by atoms with Gasteiger partial charge in [-0.25, -0.2) is 0 Å². The van der Waals surface area contributed by atoms with Gasteiger partial charge in [-0.2, -0.15) is 0 Å². The molecule has 0 aliphatic heterocycles. The zero-order valence-corrected chi connectivity index (χ0v) is 14.0. The summed E-state index contributed by atoms with van der Waals surface area (Å²) in [6.45, 7) is 4.35. The average molecular weight is 323 g/mol. The standard InChI is InChI=1S/C18H29NO4/c1-2-3-14-23-16-9-7-15(8-10-16)17(20)11-13-19-12-5-4-6-18(21)22/h7-10,17,19-20H,2-6,11-14H2,1H3,(H,21,22). The molecule has 0 amide bonds. The third-order valence-electron chi connectivity index (χ3n) is 3.62. The van der Waals surface area contributed by atoms with E-state index in [0.29, 0.717) is 19.4 Å². The quantitative estimate of drug-likeness (QED) is 0.486. The summed E-state index contributed by atoms with van der Waals surface area (Å²) in [6, 6.07) is 7.60. The van der Waals surface area contributed by atoms with Crippen LogP contribution in [0.25, 0.3) is 0 Å². The molecular formula is C18H29NO4. The van der Waals surface area contributed by atoms with Gasteiger partial charge >= 0.3 is 5.97 Å². The lowest BCUT2D eigenvalue weighted by molar-refractivity contribution is -0.137. The van der Waals surface area contributed by atoms with Crippen molar-refractivity contribution in [1.29, 1.82) is 0 Å². The highest BCUT2D eigenvalue weighted by molar-refractivity contribution is 5.66. The highest BCUT2D eigenvalue weighted by Gasteiger charge is 2.07. The number of aliphatic carboxylic acids is 1. The van der Waals surface area contributed by atoms with Gasteiger partial charge in [0.1, 0.15) is 5.75 Å². The molecule has 0 saturated heterocycles. The molecule has 1 unspecified atom stereocenters. The highest BCUT2D eigenvalue weighted by atomic mass is 16.5. The van der Waals surface area contributed by atoms with Gasteiger partial charge in [-0.3, -0.25) is 4.79 Å². The van der Waals surface area contributed by atoms with E-state index in [0.717, 1.165) is 43.7 Å². The monoisotopic (exact) mass is 323 g/mol. The molecule has 0 aliphatic carbocycles. The number of unbranched alkanes of at least 4 members (excludes halogenated alkanes) is 2. The molecule has 0 aliphatic rings. The Balaban J connectivity index is 2.16. The molecule has 3 N–H and O–H groups in total. The largest absolute Gasteiger partial charge is 0.494 e. The molecule has 1 aromatic rings. The maximum Gasteiger partial charge on any atom is 0.303 e. The van der Waals surface area contributed by atoms with Crippen LogP contribution in [-0.2, 0) is 4.79 Å². The lowest BCUT2D eigenvalue weighted by atomic mass is 10.1. The zero-order valence-electron chi connectivity index (χ0n) is 14.0. The Hall–Kier alpha value is -1.59. The Labute approximate surface area is 138 Å². The van der Waals surface area contributed by atoms with Gasteiger partial charge in [0, 0.05) is 6.42 Å². The van der Waals surface area contributed by atoms with Gasteiger partial charge in [0.2, 0.25) is 0 Å². The first-order valence-corrected chi connectivity index (χ1v) is 8.46. The minimum Gasteiger partial charge on any atom is -0.494 e. The first-order chi connectivity index (χ1) is 11.1. The van der Waals surface area contributed by atoms with Crippen molar-refractivity contribution in [2.75, 3.05) is 19.7 Å². The lowest BCUT2D eigenvalue weighted by Crippen LogP contribution is -2.19. The van der Waals surface area contributed by atoms with Crippen molar-refractivity contribution in [1.82, 2.24) is 5.32 Å². The number of hydrogen-bond acceptors (Lipinski definition) is 4. The van der Waals surface area contributed by atoms with Crippen LogP contribution in [0.5, 0.6) is 5.75 Å². The number of ether oxygens (including phenoxy) is 1. The van der Waals surface area contributed by atoms with Crippen LogP contribution in [0.15, 0.2) is 24.3 Å². The first kappa shape index (κ1) is 19.5. The molecule has 0 spiro atoms. The van der Waals surface area contributed by atoms with Gasteiger partial charge in [0.05, 0.1) is 12.7 Å². The summed E-state index contributed by atoms with van der Waals surface area (Å²) in [6.07, 6.45) is 4.04. The number of nitrogens with one attached hydrogen (secondary N) is 1. The zero-order chi connectivity index (χ0) is 16.9. The highest BCUT2D eigenvalue weighted by Crippen LogP contribution is 2.20. The van der Waals surface area contributed by atoms with E-state index in [-0.39, 0.29) is 6.42 Å². The predicted octanol–water partition coefficient (Wildman–Crippen LogP) is 3.13. The lowest BCUT2D eigenvalue weighted by Gasteiger charge is -2.13. The van der Waals surface area contributed by atoms with E-state index < -0.39 is 12.1 Å². The number of hydrogen-bond donors (Lipinski definition) is 3. The number of carbonyl (C=O) groups is 1. The number of carboxylic acid groups (broad SMARTS) is 1. The van der Waals surface area contributed by atoms with Crippen molar-refractivity contribution in [3.05, 3.63) is 29.8 Å². The molecule has 1 rings (SSSR count). The molecule has 5 heteroatoms. The molecule has 5 nitrogen and oxygen atoms in total. The second-order valence-corrected chi connectivity index (χ2v) is 5.68. The third kappa shape index (κ3) is 9.21. The smallest absolute Gasteiger partial charge is 0.303 e. The van der Waals surface area contributed by atoms with E-state index in [2.05, 4.69) is 12.2 Å². The fourth-order valence-electron chi connectivity index (χ4n) is 2.18. The van der Waals surface area contributed by atoms with Gasteiger partial charge < -0.3 is 20.3 Å². The topological polar surface area (TPSA) is 78.8 Å². The Kier molecular flexibility index (Phi) is 10.1. The predicted molar refractivity (Wildman–Crippen MR) is 90.8 cm³/mol. The van der Waals surface area contributed by atoms with Crippen molar-refractivity contribution in [2.45, 2.75) is 51.6 Å². The van der Waals surface area contributed by atoms with Crippen molar-refractivity contribution in [3.8, 4) is 5.75 Å². The summed E-state index contributed by atoms with van der Waals surface area (Å²) in [5.74, 6) is 0.0912. The Morgan fingerprint density at radius 2 is 1.91 bits per heavy atom. The second-order valence-electron chi connectivity index (χ2n) is 5.68. The molecule has 23 heavy (non-hydrogen) atoms. The molecule has 0 bridgehead atoms. The molecule has 0 fully saturated rings. The van der Waals surface area contributed by atoms with Crippen LogP contribution in [0.4, 0.5) is 0 Å². The van der Waals surface area contributed by atoms with Crippen LogP contribution >= 0.6 is 0 Å².